The van der Waals surface area contributed by atoms with Gasteiger partial charge in [-0.2, -0.15) is 0 Å². The fourth-order valence-electron chi connectivity index (χ4n) is 2.42. The Morgan fingerprint density at radius 3 is 2.08 bits per heavy atom. The van der Waals surface area contributed by atoms with Gasteiger partial charge < -0.3 is 24.3 Å². The van der Waals surface area contributed by atoms with Crippen molar-refractivity contribution in [1.29, 1.82) is 0 Å². The van der Waals surface area contributed by atoms with Crippen LogP contribution in [-0.4, -0.2) is 32.8 Å². The molecule has 0 aliphatic rings. The van der Waals surface area contributed by atoms with E-state index in [1.54, 1.807) is 31.4 Å². The Bertz CT molecular complexity index is 718. The molecule has 0 atom stereocenters. The van der Waals surface area contributed by atoms with E-state index in [9.17, 15) is 4.79 Å². The first-order valence-electron chi connectivity index (χ1n) is 8.64. The number of carbonyl (C=O) groups excluding carboxylic acids is 1. The number of amides is 1. The second kappa shape index (κ2) is 9.56. The van der Waals surface area contributed by atoms with Crippen LogP contribution in [0.5, 0.6) is 23.0 Å². The lowest BCUT2D eigenvalue weighted by Gasteiger charge is -2.17. The summed E-state index contributed by atoms with van der Waals surface area (Å²) in [6, 6.07) is 10.5. The van der Waals surface area contributed by atoms with E-state index in [1.165, 1.54) is 0 Å². The third-order valence-corrected chi connectivity index (χ3v) is 3.50. The molecule has 0 bridgehead atoms. The maximum Gasteiger partial charge on any atom is 0.255 e. The molecule has 0 unspecified atom stereocenters. The maximum atomic E-state index is 12.7. The number of hydrogen-bond acceptors (Lipinski definition) is 5. The molecule has 1 amide bonds. The summed E-state index contributed by atoms with van der Waals surface area (Å²) in [4.78, 5) is 12.7. The minimum Gasteiger partial charge on any atom is -0.497 e. The third kappa shape index (κ3) is 4.81. The quantitative estimate of drug-likeness (QED) is 0.729. The molecule has 1 N–H and O–H groups in total. The number of anilines is 1. The van der Waals surface area contributed by atoms with Gasteiger partial charge in [0.25, 0.3) is 5.91 Å². The molecule has 0 radical (unpaired) electrons. The highest BCUT2D eigenvalue weighted by Crippen LogP contribution is 2.39. The van der Waals surface area contributed by atoms with Gasteiger partial charge >= 0.3 is 0 Å². The molecule has 0 aromatic heterocycles. The van der Waals surface area contributed by atoms with Gasteiger partial charge in [0.2, 0.25) is 5.75 Å². The Hall–Kier alpha value is -2.89. The van der Waals surface area contributed by atoms with Crippen molar-refractivity contribution in [3.05, 3.63) is 42.0 Å². The van der Waals surface area contributed by atoms with Crippen molar-refractivity contribution in [1.82, 2.24) is 0 Å². The lowest BCUT2D eigenvalue weighted by molar-refractivity contribution is 0.102. The van der Waals surface area contributed by atoms with E-state index in [4.69, 9.17) is 18.9 Å². The molecular weight excluding hydrogens is 334 g/mol. The molecule has 2 aromatic rings. The normalized spacial score (nSPS) is 10.2. The van der Waals surface area contributed by atoms with Crippen LogP contribution in [0.2, 0.25) is 0 Å². The average Bonchev–Trinajstić information content (AvgIpc) is 2.64. The van der Waals surface area contributed by atoms with E-state index in [0.29, 0.717) is 54.1 Å². The monoisotopic (exact) mass is 359 g/mol. The van der Waals surface area contributed by atoms with Gasteiger partial charge in [-0.05, 0) is 45.0 Å². The summed E-state index contributed by atoms with van der Waals surface area (Å²) in [5.74, 6) is 1.86. The molecule has 0 heterocycles. The number of rotatable bonds is 9. The summed E-state index contributed by atoms with van der Waals surface area (Å²) in [7, 11) is 1.58. The summed E-state index contributed by atoms with van der Waals surface area (Å²) in [6.45, 7) is 7.00. The zero-order valence-corrected chi connectivity index (χ0v) is 15.6. The number of methoxy groups -OCH3 is 1. The van der Waals surface area contributed by atoms with Gasteiger partial charge in [0.1, 0.15) is 5.75 Å². The van der Waals surface area contributed by atoms with Gasteiger partial charge in [-0.3, -0.25) is 4.79 Å². The summed E-state index contributed by atoms with van der Waals surface area (Å²) >= 11 is 0. The smallest absolute Gasteiger partial charge is 0.255 e. The molecule has 6 nitrogen and oxygen atoms in total. The lowest BCUT2D eigenvalue weighted by atomic mass is 10.1. The summed E-state index contributed by atoms with van der Waals surface area (Å²) in [5.41, 5.74) is 1.06. The molecular formula is C20H25NO5. The van der Waals surface area contributed by atoms with Crippen LogP contribution in [0.1, 0.15) is 31.1 Å². The lowest BCUT2D eigenvalue weighted by Crippen LogP contribution is -2.13. The Kier molecular flexibility index (Phi) is 7.14. The molecule has 26 heavy (non-hydrogen) atoms. The zero-order chi connectivity index (χ0) is 18.9. The fourth-order valence-corrected chi connectivity index (χ4v) is 2.42. The summed E-state index contributed by atoms with van der Waals surface area (Å²) in [5, 5.41) is 2.85. The van der Waals surface area contributed by atoms with Crippen LogP contribution < -0.4 is 24.3 Å². The molecule has 0 aliphatic heterocycles. The molecule has 0 spiro atoms. The number of carbonyl (C=O) groups is 1. The highest BCUT2D eigenvalue weighted by Gasteiger charge is 2.18. The van der Waals surface area contributed by atoms with Gasteiger partial charge in [0.05, 0.1) is 26.9 Å². The van der Waals surface area contributed by atoms with E-state index >= 15 is 0 Å². The van der Waals surface area contributed by atoms with E-state index in [0.717, 1.165) is 0 Å². The predicted molar refractivity (Wildman–Crippen MR) is 101 cm³/mol. The van der Waals surface area contributed by atoms with Crippen molar-refractivity contribution in [3.63, 3.8) is 0 Å². The summed E-state index contributed by atoms with van der Waals surface area (Å²) in [6.07, 6.45) is 0. The Balaban J connectivity index is 2.35. The molecule has 140 valence electrons. The van der Waals surface area contributed by atoms with Crippen molar-refractivity contribution in [2.45, 2.75) is 20.8 Å². The van der Waals surface area contributed by atoms with Crippen molar-refractivity contribution in [2.24, 2.45) is 0 Å². The van der Waals surface area contributed by atoms with E-state index < -0.39 is 0 Å². The third-order valence-electron chi connectivity index (χ3n) is 3.50. The van der Waals surface area contributed by atoms with Gasteiger partial charge in [0, 0.05) is 17.3 Å². The van der Waals surface area contributed by atoms with Crippen molar-refractivity contribution >= 4 is 11.6 Å². The van der Waals surface area contributed by atoms with Gasteiger partial charge in [-0.25, -0.2) is 0 Å². The average molecular weight is 359 g/mol. The zero-order valence-electron chi connectivity index (χ0n) is 15.6. The predicted octanol–water partition coefficient (Wildman–Crippen LogP) is 4.14. The molecule has 2 aromatic carbocycles. The number of ether oxygens (including phenoxy) is 4. The highest BCUT2D eigenvalue weighted by molar-refractivity contribution is 6.05. The van der Waals surface area contributed by atoms with Crippen LogP contribution in [0.4, 0.5) is 5.69 Å². The Morgan fingerprint density at radius 1 is 0.923 bits per heavy atom. The van der Waals surface area contributed by atoms with Crippen LogP contribution in [-0.2, 0) is 0 Å². The van der Waals surface area contributed by atoms with E-state index in [2.05, 4.69) is 5.32 Å². The maximum absolute atomic E-state index is 12.7. The van der Waals surface area contributed by atoms with Gasteiger partial charge in [-0.1, -0.05) is 6.07 Å². The number of hydrogen-bond donors (Lipinski definition) is 1. The van der Waals surface area contributed by atoms with Crippen molar-refractivity contribution in [2.75, 3.05) is 32.2 Å². The molecule has 6 heteroatoms. The first-order valence-corrected chi connectivity index (χ1v) is 8.64. The van der Waals surface area contributed by atoms with Crippen LogP contribution >= 0.6 is 0 Å². The minimum absolute atomic E-state index is 0.275. The molecule has 0 aliphatic carbocycles. The SMILES string of the molecule is CCOc1cc(C(=O)Nc2cccc(OC)c2)cc(OCC)c1OCC. The largest absolute Gasteiger partial charge is 0.497 e. The molecule has 0 saturated carbocycles. The van der Waals surface area contributed by atoms with E-state index in [1.807, 2.05) is 32.9 Å². The van der Waals surface area contributed by atoms with Crippen molar-refractivity contribution < 1.29 is 23.7 Å². The molecule has 0 fully saturated rings. The summed E-state index contributed by atoms with van der Waals surface area (Å²) < 4.78 is 22.1. The Labute approximate surface area is 154 Å². The molecule has 2 rings (SSSR count). The van der Waals surface area contributed by atoms with Gasteiger partial charge in [-0.15, -0.1) is 0 Å². The van der Waals surface area contributed by atoms with Gasteiger partial charge in [0.15, 0.2) is 11.5 Å². The van der Waals surface area contributed by atoms with Crippen LogP contribution in [0.15, 0.2) is 36.4 Å². The first-order chi connectivity index (χ1) is 12.6. The second-order valence-corrected chi connectivity index (χ2v) is 5.29. The van der Waals surface area contributed by atoms with Crippen LogP contribution in [0, 0.1) is 0 Å². The second-order valence-electron chi connectivity index (χ2n) is 5.29. The highest BCUT2D eigenvalue weighted by atomic mass is 16.5. The topological polar surface area (TPSA) is 66.0 Å². The van der Waals surface area contributed by atoms with Crippen LogP contribution in [0.25, 0.3) is 0 Å². The fraction of sp³-hybridized carbons (Fsp3) is 0.350. The number of nitrogens with one attached hydrogen (secondary N) is 1. The van der Waals surface area contributed by atoms with Crippen molar-refractivity contribution in [3.8, 4) is 23.0 Å². The number of benzene rings is 2. The molecule has 0 saturated heterocycles. The van der Waals surface area contributed by atoms with E-state index in [-0.39, 0.29) is 5.91 Å². The van der Waals surface area contributed by atoms with Crippen LogP contribution in [0.3, 0.4) is 0 Å². The Morgan fingerprint density at radius 2 is 1.54 bits per heavy atom. The first kappa shape index (κ1) is 19.4. The minimum atomic E-state index is -0.275. The standard InChI is InChI=1S/C20H25NO5/c1-5-24-17-11-14(12-18(25-6-2)19(17)26-7-3)20(22)21-15-9-8-10-16(13-15)23-4/h8-13H,5-7H2,1-4H3,(H,21,22).